The van der Waals surface area contributed by atoms with Gasteiger partial charge in [0.2, 0.25) is 0 Å². The zero-order valence-electron chi connectivity index (χ0n) is 8.88. The molecule has 2 heteroatoms. The van der Waals surface area contributed by atoms with Gasteiger partial charge in [0.1, 0.15) is 0 Å². The molecule has 0 bridgehead atoms. The third-order valence-electron chi connectivity index (χ3n) is 2.58. The van der Waals surface area contributed by atoms with Crippen molar-refractivity contribution in [1.29, 1.82) is 5.26 Å². The van der Waals surface area contributed by atoms with Gasteiger partial charge >= 0.3 is 0 Å². The number of hydrogen-bond acceptors (Lipinski definition) is 2. The van der Waals surface area contributed by atoms with E-state index in [0.29, 0.717) is 6.42 Å². The SMILES string of the molecule is N#CCC(c1ccccc1)c1cccnc1. The minimum Gasteiger partial charge on any atom is -0.264 e. The van der Waals surface area contributed by atoms with E-state index in [1.165, 1.54) is 0 Å². The predicted octanol–water partition coefficient (Wildman–Crippen LogP) is 3.13. The van der Waals surface area contributed by atoms with Crippen LogP contribution in [0.4, 0.5) is 0 Å². The van der Waals surface area contributed by atoms with Crippen molar-refractivity contribution >= 4 is 0 Å². The molecule has 1 heterocycles. The van der Waals surface area contributed by atoms with Crippen LogP contribution in [0.5, 0.6) is 0 Å². The Morgan fingerprint density at radius 1 is 1.06 bits per heavy atom. The quantitative estimate of drug-likeness (QED) is 0.777. The summed E-state index contributed by atoms with van der Waals surface area (Å²) in [6, 6.07) is 16.2. The van der Waals surface area contributed by atoms with E-state index in [0.717, 1.165) is 11.1 Å². The van der Waals surface area contributed by atoms with E-state index < -0.39 is 0 Å². The Balaban J connectivity index is 2.36. The largest absolute Gasteiger partial charge is 0.264 e. The van der Waals surface area contributed by atoms with Crippen LogP contribution < -0.4 is 0 Å². The van der Waals surface area contributed by atoms with Crippen LogP contribution in [0.2, 0.25) is 0 Å². The van der Waals surface area contributed by atoms with Crippen molar-refractivity contribution in [3.05, 3.63) is 66.0 Å². The normalized spacial score (nSPS) is 11.7. The third-order valence-corrected chi connectivity index (χ3v) is 2.58. The maximum Gasteiger partial charge on any atom is 0.0631 e. The van der Waals surface area contributed by atoms with Gasteiger partial charge in [0.15, 0.2) is 0 Å². The Labute approximate surface area is 95.2 Å². The maximum atomic E-state index is 8.89. The third kappa shape index (κ3) is 2.26. The molecule has 0 spiro atoms. The van der Waals surface area contributed by atoms with E-state index in [4.69, 9.17) is 5.26 Å². The van der Waals surface area contributed by atoms with E-state index in [-0.39, 0.29) is 5.92 Å². The van der Waals surface area contributed by atoms with E-state index in [1.807, 2.05) is 36.5 Å². The van der Waals surface area contributed by atoms with Crippen LogP contribution in [0.25, 0.3) is 0 Å². The highest BCUT2D eigenvalue weighted by molar-refractivity contribution is 5.31. The summed E-state index contributed by atoms with van der Waals surface area (Å²) in [5.74, 6) is 0.125. The van der Waals surface area contributed by atoms with Crippen molar-refractivity contribution in [1.82, 2.24) is 4.98 Å². The van der Waals surface area contributed by atoms with Crippen molar-refractivity contribution in [2.24, 2.45) is 0 Å². The molecule has 0 aliphatic carbocycles. The molecule has 0 saturated carbocycles. The highest BCUT2D eigenvalue weighted by Gasteiger charge is 2.13. The molecule has 0 fully saturated rings. The number of benzene rings is 1. The molecule has 0 aliphatic rings. The lowest BCUT2D eigenvalue weighted by molar-refractivity contribution is 0.831. The summed E-state index contributed by atoms with van der Waals surface area (Å²) < 4.78 is 0. The van der Waals surface area contributed by atoms with Gasteiger partial charge < -0.3 is 0 Å². The number of rotatable bonds is 3. The Hall–Kier alpha value is -2.14. The van der Waals surface area contributed by atoms with Gasteiger partial charge in [-0.25, -0.2) is 0 Å². The number of nitrogens with zero attached hydrogens (tertiary/aromatic N) is 2. The predicted molar refractivity (Wildman–Crippen MR) is 62.8 cm³/mol. The Bertz CT molecular complexity index is 432. The van der Waals surface area contributed by atoms with Crippen LogP contribution in [0.15, 0.2) is 54.9 Å². The molecule has 2 rings (SSSR count). The summed E-state index contributed by atoms with van der Waals surface area (Å²) in [5, 5.41) is 8.89. The van der Waals surface area contributed by atoms with Crippen LogP contribution in [0.1, 0.15) is 23.5 Å². The maximum absolute atomic E-state index is 8.89. The molecule has 0 amide bonds. The fourth-order valence-electron chi connectivity index (χ4n) is 1.79. The van der Waals surface area contributed by atoms with Gasteiger partial charge in [-0.3, -0.25) is 4.98 Å². The number of pyridine rings is 1. The average molecular weight is 208 g/mol. The summed E-state index contributed by atoms with van der Waals surface area (Å²) in [6.07, 6.45) is 4.06. The fourth-order valence-corrected chi connectivity index (χ4v) is 1.79. The average Bonchev–Trinajstić information content (AvgIpc) is 2.38. The molecule has 0 N–H and O–H groups in total. The first-order valence-electron chi connectivity index (χ1n) is 5.23. The highest BCUT2D eigenvalue weighted by atomic mass is 14.6. The first kappa shape index (κ1) is 10.4. The summed E-state index contributed by atoms with van der Waals surface area (Å²) in [7, 11) is 0. The fraction of sp³-hybridized carbons (Fsp3) is 0.143. The molecule has 1 unspecified atom stereocenters. The second-order valence-electron chi connectivity index (χ2n) is 3.61. The monoisotopic (exact) mass is 208 g/mol. The number of hydrogen-bond donors (Lipinski definition) is 0. The molecule has 0 radical (unpaired) electrons. The zero-order valence-corrected chi connectivity index (χ0v) is 8.88. The topological polar surface area (TPSA) is 36.7 Å². The van der Waals surface area contributed by atoms with Crippen LogP contribution in [-0.4, -0.2) is 4.98 Å². The lowest BCUT2D eigenvalue weighted by Gasteiger charge is -2.13. The lowest BCUT2D eigenvalue weighted by atomic mass is 9.90. The number of nitriles is 1. The molecule has 0 aliphatic heterocycles. The van der Waals surface area contributed by atoms with Crippen LogP contribution in [0, 0.1) is 11.3 Å². The Kier molecular flexibility index (Phi) is 3.30. The van der Waals surface area contributed by atoms with Crippen molar-refractivity contribution in [2.75, 3.05) is 0 Å². The van der Waals surface area contributed by atoms with Gasteiger partial charge in [-0.1, -0.05) is 36.4 Å². The molecular formula is C14H12N2. The smallest absolute Gasteiger partial charge is 0.0631 e. The lowest BCUT2D eigenvalue weighted by Crippen LogP contribution is -2.00. The second kappa shape index (κ2) is 5.09. The van der Waals surface area contributed by atoms with Crippen LogP contribution >= 0.6 is 0 Å². The van der Waals surface area contributed by atoms with Gasteiger partial charge in [-0.05, 0) is 17.2 Å². The molecule has 2 aromatic rings. The first-order valence-corrected chi connectivity index (χ1v) is 5.23. The van der Waals surface area contributed by atoms with Gasteiger partial charge in [0.25, 0.3) is 0 Å². The molecule has 1 atom stereocenters. The summed E-state index contributed by atoms with van der Waals surface area (Å²) in [5.41, 5.74) is 2.26. The number of aromatic nitrogens is 1. The van der Waals surface area contributed by atoms with Gasteiger partial charge in [-0.2, -0.15) is 5.26 Å². The van der Waals surface area contributed by atoms with Crippen LogP contribution in [-0.2, 0) is 0 Å². The molecular weight excluding hydrogens is 196 g/mol. The second-order valence-corrected chi connectivity index (χ2v) is 3.61. The van der Waals surface area contributed by atoms with Crippen molar-refractivity contribution in [2.45, 2.75) is 12.3 Å². The molecule has 0 saturated heterocycles. The first-order chi connectivity index (χ1) is 7.92. The minimum absolute atomic E-state index is 0.125. The van der Waals surface area contributed by atoms with Gasteiger partial charge in [-0.15, -0.1) is 0 Å². The Morgan fingerprint density at radius 3 is 2.44 bits per heavy atom. The van der Waals surface area contributed by atoms with Crippen molar-refractivity contribution < 1.29 is 0 Å². The van der Waals surface area contributed by atoms with Gasteiger partial charge in [0, 0.05) is 24.7 Å². The molecule has 78 valence electrons. The van der Waals surface area contributed by atoms with Crippen molar-refractivity contribution in [3.8, 4) is 6.07 Å². The zero-order chi connectivity index (χ0) is 11.2. The molecule has 2 nitrogen and oxygen atoms in total. The van der Waals surface area contributed by atoms with Gasteiger partial charge in [0.05, 0.1) is 6.07 Å². The van der Waals surface area contributed by atoms with Crippen LogP contribution in [0.3, 0.4) is 0 Å². The van der Waals surface area contributed by atoms with E-state index >= 15 is 0 Å². The summed E-state index contributed by atoms with van der Waals surface area (Å²) in [6.45, 7) is 0. The molecule has 16 heavy (non-hydrogen) atoms. The summed E-state index contributed by atoms with van der Waals surface area (Å²) >= 11 is 0. The standard InChI is InChI=1S/C14H12N2/c15-9-8-14(12-5-2-1-3-6-12)13-7-4-10-16-11-13/h1-7,10-11,14H,8H2. The highest BCUT2D eigenvalue weighted by Crippen LogP contribution is 2.26. The van der Waals surface area contributed by atoms with E-state index in [2.05, 4.69) is 23.2 Å². The molecule has 1 aromatic carbocycles. The van der Waals surface area contributed by atoms with Crippen molar-refractivity contribution in [3.63, 3.8) is 0 Å². The van der Waals surface area contributed by atoms with E-state index in [9.17, 15) is 0 Å². The minimum atomic E-state index is 0.125. The van der Waals surface area contributed by atoms with E-state index in [1.54, 1.807) is 6.20 Å². The Morgan fingerprint density at radius 2 is 1.81 bits per heavy atom. The summed E-state index contributed by atoms with van der Waals surface area (Å²) in [4.78, 5) is 4.10. The molecule has 1 aromatic heterocycles.